The van der Waals surface area contributed by atoms with E-state index in [1.54, 1.807) is 0 Å². The predicted molar refractivity (Wildman–Crippen MR) is 88.1 cm³/mol. The molecule has 0 amide bonds. The molecular weight excluding hydrogens is 256 g/mol. The fraction of sp³-hybridized carbons (Fsp3) is 0.368. The van der Waals surface area contributed by atoms with E-state index in [2.05, 4.69) is 77.4 Å². The fourth-order valence-corrected chi connectivity index (χ4v) is 3.09. The highest BCUT2D eigenvalue weighted by Gasteiger charge is 2.21. The van der Waals surface area contributed by atoms with Crippen LogP contribution in [0.3, 0.4) is 0 Å². The van der Waals surface area contributed by atoms with Crippen molar-refractivity contribution in [3.05, 3.63) is 71.8 Å². The first-order valence-electron chi connectivity index (χ1n) is 7.88. The monoisotopic (exact) mass is 280 g/mol. The molecule has 1 saturated heterocycles. The van der Waals surface area contributed by atoms with Crippen LogP contribution >= 0.6 is 0 Å². The lowest BCUT2D eigenvalue weighted by Crippen LogP contribution is -2.46. The quantitative estimate of drug-likeness (QED) is 0.845. The smallest absolute Gasteiger partial charge is 0.0320 e. The number of rotatable bonds is 4. The Kier molecular flexibility index (Phi) is 4.69. The van der Waals surface area contributed by atoms with E-state index in [9.17, 15) is 0 Å². The maximum Gasteiger partial charge on any atom is 0.0320 e. The molecule has 2 heteroatoms. The topological polar surface area (TPSA) is 6.48 Å². The maximum absolute atomic E-state index is 2.59. The third-order valence-electron chi connectivity index (χ3n) is 4.49. The highest BCUT2D eigenvalue weighted by Crippen LogP contribution is 2.21. The molecule has 21 heavy (non-hydrogen) atoms. The number of hydrogen-bond donors (Lipinski definition) is 0. The van der Waals surface area contributed by atoms with E-state index in [0.717, 1.165) is 32.7 Å². The van der Waals surface area contributed by atoms with Crippen LogP contribution in [-0.2, 0) is 6.54 Å². The van der Waals surface area contributed by atoms with Gasteiger partial charge in [0.05, 0.1) is 0 Å². The predicted octanol–water partition coefficient (Wildman–Crippen LogP) is 3.57. The molecule has 0 aromatic heterocycles. The van der Waals surface area contributed by atoms with Crippen LogP contribution in [0.4, 0.5) is 0 Å². The van der Waals surface area contributed by atoms with Gasteiger partial charge in [0, 0.05) is 38.8 Å². The van der Waals surface area contributed by atoms with Gasteiger partial charge in [0.2, 0.25) is 0 Å². The normalized spacial score (nSPS) is 18.5. The van der Waals surface area contributed by atoms with Crippen LogP contribution in [0.2, 0.25) is 0 Å². The van der Waals surface area contributed by atoms with Crippen molar-refractivity contribution < 1.29 is 0 Å². The molecule has 1 heterocycles. The molecule has 1 atom stereocenters. The number of benzene rings is 2. The zero-order valence-corrected chi connectivity index (χ0v) is 12.8. The lowest BCUT2D eigenvalue weighted by atomic mass is 10.1. The Labute approximate surface area is 128 Å². The number of nitrogens with zero attached hydrogens (tertiary/aromatic N) is 2. The van der Waals surface area contributed by atoms with Gasteiger partial charge in [-0.2, -0.15) is 0 Å². The molecule has 1 unspecified atom stereocenters. The van der Waals surface area contributed by atoms with Gasteiger partial charge < -0.3 is 0 Å². The lowest BCUT2D eigenvalue weighted by Gasteiger charge is -2.38. The molecule has 1 aliphatic rings. The SMILES string of the molecule is CC(c1ccccc1)N1CCN(Cc2ccccc2)CC1. The van der Waals surface area contributed by atoms with E-state index in [4.69, 9.17) is 0 Å². The Morgan fingerprint density at radius 1 is 0.810 bits per heavy atom. The van der Waals surface area contributed by atoms with Gasteiger partial charge in [-0.3, -0.25) is 9.80 Å². The minimum atomic E-state index is 0.519. The van der Waals surface area contributed by atoms with Crippen molar-refractivity contribution in [2.75, 3.05) is 26.2 Å². The fourth-order valence-electron chi connectivity index (χ4n) is 3.09. The summed E-state index contributed by atoms with van der Waals surface area (Å²) in [7, 11) is 0. The van der Waals surface area contributed by atoms with E-state index in [-0.39, 0.29) is 0 Å². The molecule has 0 radical (unpaired) electrons. The van der Waals surface area contributed by atoms with Gasteiger partial charge in [0.25, 0.3) is 0 Å². The van der Waals surface area contributed by atoms with Crippen molar-refractivity contribution in [3.8, 4) is 0 Å². The molecule has 110 valence electrons. The maximum atomic E-state index is 2.59. The molecule has 0 N–H and O–H groups in total. The Balaban J connectivity index is 1.53. The van der Waals surface area contributed by atoms with Gasteiger partial charge in [0.1, 0.15) is 0 Å². The van der Waals surface area contributed by atoms with Gasteiger partial charge in [-0.1, -0.05) is 60.7 Å². The van der Waals surface area contributed by atoms with Crippen molar-refractivity contribution in [2.45, 2.75) is 19.5 Å². The molecule has 2 aromatic rings. The highest BCUT2D eigenvalue weighted by molar-refractivity contribution is 5.18. The summed E-state index contributed by atoms with van der Waals surface area (Å²) in [6, 6.07) is 22.1. The van der Waals surface area contributed by atoms with E-state index in [1.807, 2.05) is 0 Å². The van der Waals surface area contributed by atoms with Crippen LogP contribution in [0.5, 0.6) is 0 Å². The van der Waals surface area contributed by atoms with Crippen LogP contribution < -0.4 is 0 Å². The summed E-state index contributed by atoms with van der Waals surface area (Å²) in [5.74, 6) is 0. The average Bonchev–Trinajstić information content (AvgIpc) is 2.57. The van der Waals surface area contributed by atoms with Crippen molar-refractivity contribution in [1.29, 1.82) is 0 Å². The molecule has 1 aliphatic heterocycles. The third-order valence-corrected chi connectivity index (χ3v) is 4.49. The van der Waals surface area contributed by atoms with Gasteiger partial charge in [-0.15, -0.1) is 0 Å². The minimum absolute atomic E-state index is 0.519. The first-order chi connectivity index (χ1) is 10.3. The van der Waals surface area contributed by atoms with Crippen LogP contribution in [0.1, 0.15) is 24.1 Å². The van der Waals surface area contributed by atoms with Crippen LogP contribution in [-0.4, -0.2) is 36.0 Å². The van der Waals surface area contributed by atoms with E-state index >= 15 is 0 Å². The van der Waals surface area contributed by atoms with Gasteiger partial charge in [-0.05, 0) is 18.1 Å². The summed E-state index contributed by atoms with van der Waals surface area (Å²) in [5, 5.41) is 0. The van der Waals surface area contributed by atoms with Gasteiger partial charge in [-0.25, -0.2) is 0 Å². The van der Waals surface area contributed by atoms with Gasteiger partial charge in [0.15, 0.2) is 0 Å². The standard InChI is InChI=1S/C19H24N2/c1-17(19-10-6-3-7-11-19)21-14-12-20(13-15-21)16-18-8-4-2-5-9-18/h2-11,17H,12-16H2,1H3. The second-order valence-corrected chi connectivity index (χ2v) is 5.88. The van der Waals surface area contributed by atoms with Crippen molar-refractivity contribution in [1.82, 2.24) is 9.80 Å². The van der Waals surface area contributed by atoms with Crippen molar-refractivity contribution >= 4 is 0 Å². The zero-order valence-electron chi connectivity index (χ0n) is 12.8. The molecule has 0 bridgehead atoms. The summed E-state index contributed by atoms with van der Waals surface area (Å²) in [4.78, 5) is 5.15. The first kappa shape index (κ1) is 14.3. The Morgan fingerprint density at radius 3 is 2.00 bits per heavy atom. The molecule has 0 spiro atoms. The van der Waals surface area contributed by atoms with E-state index in [0.29, 0.717) is 6.04 Å². The lowest BCUT2D eigenvalue weighted by molar-refractivity contribution is 0.0978. The Morgan fingerprint density at radius 2 is 1.38 bits per heavy atom. The highest BCUT2D eigenvalue weighted by atomic mass is 15.3. The molecule has 2 aromatic carbocycles. The molecule has 0 saturated carbocycles. The molecular formula is C19H24N2. The zero-order chi connectivity index (χ0) is 14.5. The third kappa shape index (κ3) is 3.72. The summed E-state index contributed by atoms with van der Waals surface area (Å²) in [6.45, 7) is 8.03. The molecule has 0 aliphatic carbocycles. The summed E-state index contributed by atoms with van der Waals surface area (Å²) in [6.07, 6.45) is 0. The molecule has 3 rings (SSSR count). The Bertz CT molecular complexity index is 530. The van der Waals surface area contributed by atoms with Crippen LogP contribution in [0.15, 0.2) is 60.7 Å². The molecule has 1 fully saturated rings. The molecule has 2 nitrogen and oxygen atoms in total. The largest absolute Gasteiger partial charge is 0.297 e. The van der Waals surface area contributed by atoms with Crippen molar-refractivity contribution in [3.63, 3.8) is 0 Å². The number of piperazine rings is 1. The minimum Gasteiger partial charge on any atom is -0.297 e. The second kappa shape index (κ2) is 6.88. The average molecular weight is 280 g/mol. The Hall–Kier alpha value is -1.64. The summed E-state index contributed by atoms with van der Waals surface area (Å²) >= 11 is 0. The van der Waals surface area contributed by atoms with Crippen molar-refractivity contribution in [2.24, 2.45) is 0 Å². The van der Waals surface area contributed by atoms with Gasteiger partial charge >= 0.3 is 0 Å². The van der Waals surface area contributed by atoms with Crippen LogP contribution in [0, 0.1) is 0 Å². The van der Waals surface area contributed by atoms with E-state index in [1.165, 1.54) is 11.1 Å². The van der Waals surface area contributed by atoms with Crippen LogP contribution in [0.25, 0.3) is 0 Å². The summed E-state index contributed by atoms with van der Waals surface area (Å²) < 4.78 is 0. The number of hydrogen-bond acceptors (Lipinski definition) is 2. The second-order valence-electron chi connectivity index (χ2n) is 5.88. The first-order valence-corrected chi connectivity index (χ1v) is 7.88. The summed E-state index contributed by atoms with van der Waals surface area (Å²) in [5.41, 5.74) is 2.84. The van der Waals surface area contributed by atoms with E-state index < -0.39 is 0 Å².